The van der Waals surface area contributed by atoms with E-state index in [2.05, 4.69) is 27.5 Å². The number of benzene rings is 1. The fourth-order valence-electron chi connectivity index (χ4n) is 2.85. The van der Waals surface area contributed by atoms with Gasteiger partial charge in [-0.15, -0.1) is 10.2 Å². The van der Waals surface area contributed by atoms with Crippen LogP contribution in [0.5, 0.6) is 5.75 Å². The van der Waals surface area contributed by atoms with Gasteiger partial charge < -0.3 is 15.3 Å². The lowest BCUT2D eigenvalue weighted by atomic mass is 10.1. The fourth-order valence-corrected chi connectivity index (χ4v) is 3.43. The number of aromatic hydroxyl groups is 1. The first kappa shape index (κ1) is 16.3. The van der Waals surface area contributed by atoms with Crippen LogP contribution in [0.15, 0.2) is 24.3 Å². The minimum atomic E-state index is -0.00795. The Morgan fingerprint density at radius 1 is 1.26 bits per heavy atom. The van der Waals surface area contributed by atoms with Crippen molar-refractivity contribution in [3.8, 4) is 17.0 Å². The molecule has 0 radical (unpaired) electrons. The Labute approximate surface area is 145 Å². The van der Waals surface area contributed by atoms with Crippen molar-refractivity contribution in [2.75, 3.05) is 25.5 Å². The smallest absolute Gasteiger partial charge is 0.148 e. The van der Waals surface area contributed by atoms with Gasteiger partial charge in [0.2, 0.25) is 0 Å². The van der Waals surface area contributed by atoms with Gasteiger partial charge in [0.05, 0.1) is 16.3 Å². The number of likely N-dealkylation sites (N-methyl/N-ethyl adjacent to an activating group) is 1. The van der Waals surface area contributed by atoms with Gasteiger partial charge in [-0.3, -0.25) is 0 Å². The Hall–Kier alpha value is -1.56. The van der Waals surface area contributed by atoms with E-state index in [4.69, 9.17) is 23.2 Å². The van der Waals surface area contributed by atoms with Gasteiger partial charge in [-0.1, -0.05) is 23.2 Å². The minimum Gasteiger partial charge on any atom is -0.507 e. The predicted octanol–water partition coefficient (Wildman–Crippen LogP) is 3.66. The highest BCUT2D eigenvalue weighted by molar-refractivity contribution is 6.36. The molecule has 1 atom stereocenters. The highest BCUT2D eigenvalue weighted by Gasteiger charge is 2.18. The number of hydrogen-bond donors (Lipinski definition) is 2. The quantitative estimate of drug-likeness (QED) is 0.882. The summed E-state index contributed by atoms with van der Waals surface area (Å²) in [6.07, 6.45) is 2.30. The molecule has 1 aliphatic heterocycles. The van der Waals surface area contributed by atoms with Crippen molar-refractivity contribution >= 4 is 29.0 Å². The van der Waals surface area contributed by atoms with Gasteiger partial charge >= 0.3 is 0 Å². The van der Waals surface area contributed by atoms with E-state index in [1.54, 1.807) is 12.1 Å². The molecule has 122 valence electrons. The Balaban J connectivity index is 1.77. The molecule has 23 heavy (non-hydrogen) atoms. The van der Waals surface area contributed by atoms with E-state index in [0.717, 1.165) is 25.3 Å². The lowest BCUT2D eigenvalue weighted by Gasteiger charge is -2.30. The number of nitrogens with one attached hydrogen (secondary N) is 1. The molecule has 0 spiro atoms. The maximum absolute atomic E-state index is 10.0. The van der Waals surface area contributed by atoms with Gasteiger partial charge in [-0.2, -0.15) is 0 Å². The van der Waals surface area contributed by atoms with Gasteiger partial charge in [0.15, 0.2) is 0 Å². The molecule has 7 heteroatoms. The molecular formula is C16H18Cl2N4O. The number of halogens is 2. The zero-order chi connectivity index (χ0) is 16.4. The van der Waals surface area contributed by atoms with E-state index >= 15 is 0 Å². The van der Waals surface area contributed by atoms with Crippen LogP contribution < -0.4 is 5.32 Å². The average molecular weight is 353 g/mol. The van der Waals surface area contributed by atoms with Crippen LogP contribution in [0.1, 0.15) is 12.8 Å². The molecule has 0 saturated carbocycles. The molecule has 1 saturated heterocycles. The number of phenols is 1. The van der Waals surface area contributed by atoms with Gasteiger partial charge in [0.25, 0.3) is 0 Å². The molecule has 5 nitrogen and oxygen atoms in total. The maximum Gasteiger partial charge on any atom is 0.148 e. The minimum absolute atomic E-state index is 0.00795. The number of piperidine rings is 1. The Morgan fingerprint density at radius 2 is 2.09 bits per heavy atom. The first-order valence-electron chi connectivity index (χ1n) is 7.50. The van der Waals surface area contributed by atoms with Crippen LogP contribution in [-0.4, -0.2) is 46.4 Å². The largest absolute Gasteiger partial charge is 0.507 e. The Bertz CT molecular complexity index is 670. The molecule has 2 N–H and O–H groups in total. The average Bonchev–Trinajstić information content (AvgIpc) is 2.48. The van der Waals surface area contributed by atoms with Gasteiger partial charge in [0, 0.05) is 17.6 Å². The second-order valence-corrected chi connectivity index (χ2v) is 6.67. The SMILES string of the molecule is CN1CCC[C@@H](Nc2ccc(-c3c(O)cc(Cl)cc3Cl)nn2)C1. The van der Waals surface area contributed by atoms with Crippen LogP contribution in [0.2, 0.25) is 10.0 Å². The van der Waals surface area contributed by atoms with Gasteiger partial charge in [-0.05, 0) is 50.7 Å². The first-order valence-corrected chi connectivity index (χ1v) is 8.25. The van der Waals surface area contributed by atoms with Crippen LogP contribution in [0, 0.1) is 0 Å². The number of hydrogen-bond acceptors (Lipinski definition) is 5. The van der Waals surface area contributed by atoms with Gasteiger partial charge in [-0.25, -0.2) is 0 Å². The normalized spacial score (nSPS) is 18.8. The number of rotatable bonds is 3. The second-order valence-electron chi connectivity index (χ2n) is 5.83. The summed E-state index contributed by atoms with van der Waals surface area (Å²) in [7, 11) is 2.12. The highest BCUT2D eigenvalue weighted by atomic mass is 35.5. The molecule has 1 aromatic heterocycles. The van der Waals surface area contributed by atoms with Crippen molar-refractivity contribution in [2.45, 2.75) is 18.9 Å². The van der Waals surface area contributed by atoms with Crippen LogP contribution in [-0.2, 0) is 0 Å². The molecule has 1 aliphatic rings. The Kier molecular flexibility index (Phi) is 4.90. The molecule has 0 unspecified atom stereocenters. The maximum atomic E-state index is 10.0. The molecule has 0 aliphatic carbocycles. The second kappa shape index (κ2) is 6.91. The summed E-state index contributed by atoms with van der Waals surface area (Å²) in [6.45, 7) is 2.13. The van der Waals surface area contributed by atoms with Crippen LogP contribution in [0.4, 0.5) is 5.82 Å². The monoisotopic (exact) mass is 352 g/mol. The summed E-state index contributed by atoms with van der Waals surface area (Å²) >= 11 is 12.0. The van der Waals surface area contributed by atoms with E-state index in [9.17, 15) is 5.11 Å². The molecule has 0 bridgehead atoms. The van der Waals surface area contributed by atoms with Crippen LogP contribution in [0.25, 0.3) is 11.3 Å². The molecule has 0 amide bonds. The number of nitrogens with zero attached hydrogens (tertiary/aromatic N) is 3. The molecule has 1 fully saturated rings. The van der Waals surface area contributed by atoms with E-state index in [1.807, 2.05) is 6.07 Å². The number of anilines is 1. The zero-order valence-corrected chi connectivity index (χ0v) is 14.3. The standard InChI is InChI=1S/C16H18Cl2N4O/c1-22-6-2-3-11(9-22)19-15-5-4-13(20-21-15)16-12(18)7-10(17)8-14(16)23/h4-5,7-8,11,23H,2-3,6,9H2,1H3,(H,19,21)/t11-/m1/s1. The summed E-state index contributed by atoms with van der Waals surface area (Å²) in [4.78, 5) is 2.30. The summed E-state index contributed by atoms with van der Waals surface area (Å²) < 4.78 is 0. The van der Waals surface area contributed by atoms with Crippen LogP contribution >= 0.6 is 23.2 Å². The fraction of sp³-hybridized carbons (Fsp3) is 0.375. The van der Waals surface area contributed by atoms with Crippen molar-refractivity contribution < 1.29 is 5.11 Å². The molecule has 2 heterocycles. The summed E-state index contributed by atoms with van der Waals surface area (Å²) in [5.74, 6) is 0.713. The van der Waals surface area contributed by atoms with E-state index in [-0.39, 0.29) is 5.75 Å². The first-order chi connectivity index (χ1) is 11.0. The number of likely N-dealkylation sites (tertiary alicyclic amines) is 1. The van der Waals surface area contributed by atoms with Crippen molar-refractivity contribution in [1.29, 1.82) is 0 Å². The van der Waals surface area contributed by atoms with E-state index in [1.165, 1.54) is 12.5 Å². The third-order valence-electron chi connectivity index (χ3n) is 3.93. The predicted molar refractivity (Wildman–Crippen MR) is 93.3 cm³/mol. The van der Waals surface area contributed by atoms with Crippen LogP contribution in [0.3, 0.4) is 0 Å². The molecular weight excluding hydrogens is 335 g/mol. The van der Waals surface area contributed by atoms with Gasteiger partial charge in [0.1, 0.15) is 11.6 Å². The van der Waals surface area contributed by atoms with E-state index < -0.39 is 0 Å². The van der Waals surface area contributed by atoms with E-state index in [0.29, 0.717) is 27.3 Å². The molecule has 1 aromatic carbocycles. The molecule has 2 aromatic rings. The topological polar surface area (TPSA) is 61.3 Å². The third-order valence-corrected chi connectivity index (χ3v) is 4.45. The van der Waals surface area contributed by atoms with Crippen molar-refractivity contribution in [2.24, 2.45) is 0 Å². The third kappa shape index (κ3) is 3.86. The zero-order valence-electron chi connectivity index (χ0n) is 12.8. The summed E-state index contributed by atoms with van der Waals surface area (Å²) in [5.41, 5.74) is 0.947. The van der Waals surface area contributed by atoms with Crippen molar-refractivity contribution in [3.05, 3.63) is 34.3 Å². The number of phenolic OH excluding ortho intramolecular Hbond substituents is 1. The lowest BCUT2D eigenvalue weighted by Crippen LogP contribution is -2.39. The Morgan fingerprint density at radius 3 is 2.74 bits per heavy atom. The van der Waals surface area contributed by atoms with Crippen molar-refractivity contribution in [3.63, 3.8) is 0 Å². The highest BCUT2D eigenvalue weighted by Crippen LogP contribution is 2.37. The lowest BCUT2D eigenvalue weighted by molar-refractivity contribution is 0.260. The number of aromatic nitrogens is 2. The van der Waals surface area contributed by atoms with Crippen molar-refractivity contribution in [1.82, 2.24) is 15.1 Å². The molecule has 3 rings (SSSR count). The summed E-state index contributed by atoms with van der Waals surface area (Å²) in [6, 6.07) is 7.03. The summed E-state index contributed by atoms with van der Waals surface area (Å²) in [5, 5.41) is 22.5.